The maximum atomic E-state index is 12.6. The van der Waals surface area contributed by atoms with E-state index in [4.69, 9.17) is 18.9 Å². The Morgan fingerprint density at radius 1 is 0.677 bits per heavy atom. The first kappa shape index (κ1) is 55.9. The largest absolute Gasteiger partial charge is 0.481 e. The van der Waals surface area contributed by atoms with Crippen molar-refractivity contribution < 1.29 is 89.8 Å². The molecule has 368 valence electrons. The van der Waals surface area contributed by atoms with Crippen LogP contribution in [0, 0.1) is 17.8 Å². The molecule has 12 N–H and O–H groups in total. The number of esters is 1. The van der Waals surface area contributed by atoms with E-state index in [9.17, 15) is 70.9 Å². The number of rotatable bonds is 4. The van der Waals surface area contributed by atoms with Crippen LogP contribution in [0.2, 0.25) is 0 Å². The fourth-order valence-corrected chi connectivity index (χ4v) is 7.96. The van der Waals surface area contributed by atoms with Crippen LogP contribution >= 0.6 is 0 Å². The van der Waals surface area contributed by atoms with Crippen LogP contribution < -0.4 is 0 Å². The van der Waals surface area contributed by atoms with Crippen molar-refractivity contribution in [2.45, 2.75) is 170 Å². The fraction of sp³-hybridized carbons (Fsp3) is 0.660. The number of allylic oxidation sites excluding steroid dienone is 12. The maximum Gasteiger partial charge on any atom is 0.311 e. The molecule has 0 aromatic rings. The number of aliphatic hydroxyl groups excluding tert-OH is 10. The van der Waals surface area contributed by atoms with Gasteiger partial charge in [0.25, 0.3) is 0 Å². The summed E-state index contributed by atoms with van der Waals surface area (Å²) in [4.78, 5) is 25.1. The Labute approximate surface area is 380 Å². The number of carboxylic acids is 1. The smallest absolute Gasteiger partial charge is 0.311 e. The zero-order valence-corrected chi connectivity index (χ0v) is 37.3. The lowest BCUT2D eigenvalue weighted by Crippen LogP contribution is -2.56. The zero-order chi connectivity index (χ0) is 48.3. The summed E-state index contributed by atoms with van der Waals surface area (Å²) < 4.78 is 23.1. The first-order chi connectivity index (χ1) is 30.7. The van der Waals surface area contributed by atoms with E-state index in [1.54, 1.807) is 86.8 Å². The van der Waals surface area contributed by atoms with Crippen LogP contribution in [-0.4, -0.2) is 171 Å². The third-order valence-electron chi connectivity index (χ3n) is 11.9. The normalized spacial score (nSPS) is 44.3. The second-order valence-corrected chi connectivity index (χ2v) is 17.4. The van der Waals surface area contributed by atoms with E-state index in [2.05, 4.69) is 0 Å². The highest BCUT2D eigenvalue weighted by atomic mass is 16.7. The van der Waals surface area contributed by atoms with Crippen molar-refractivity contribution in [2.75, 3.05) is 6.61 Å². The molecule has 18 nitrogen and oxygen atoms in total. The molecule has 0 radical (unpaired) electrons. The summed E-state index contributed by atoms with van der Waals surface area (Å²) in [7, 11) is 0. The van der Waals surface area contributed by atoms with Gasteiger partial charge in [-0.25, -0.2) is 0 Å². The fourth-order valence-electron chi connectivity index (χ4n) is 7.96. The van der Waals surface area contributed by atoms with Crippen molar-refractivity contribution in [3.63, 3.8) is 0 Å². The lowest BCUT2D eigenvalue weighted by Gasteiger charge is -2.45. The molecule has 3 aliphatic heterocycles. The number of fused-ring (bicyclic) bond motifs is 2. The van der Waals surface area contributed by atoms with Gasteiger partial charge in [0.15, 0.2) is 12.1 Å². The van der Waals surface area contributed by atoms with Crippen LogP contribution in [0.5, 0.6) is 0 Å². The Kier molecular flexibility index (Phi) is 24.1. The molecular formula is C47H72O18. The van der Waals surface area contributed by atoms with Gasteiger partial charge in [-0.2, -0.15) is 0 Å². The van der Waals surface area contributed by atoms with Crippen LogP contribution in [0.4, 0.5) is 0 Å². The summed E-state index contributed by atoms with van der Waals surface area (Å²) in [6.07, 6.45) is 3.12. The molecule has 0 aliphatic carbocycles. The third-order valence-corrected chi connectivity index (χ3v) is 11.9. The molecule has 2 saturated heterocycles. The second kappa shape index (κ2) is 28.0. The number of hydrogen-bond donors (Lipinski definition) is 12. The quantitative estimate of drug-likeness (QED) is 0.173. The summed E-state index contributed by atoms with van der Waals surface area (Å²) >= 11 is 0. The topological polar surface area (TPSA) is 314 Å². The summed E-state index contributed by atoms with van der Waals surface area (Å²) in [6.45, 7) is 4.57. The van der Waals surface area contributed by atoms with Crippen molar-refractivity contribution in [3.8, 4) is 0 Å². The highest BCUT2D eigenvalue weighted by molar-refractivity contribution is 5.71. The standard InChI is InChI=1S/C47H72O18/c1-28-16-14-12-10-8-6-4-5-7-9-11-13-15-17-34(63-42-24-37(54)45(58)40(27-48)64-42)23-39-43(46(59)60)38(55)26-47(61,65-39)25-33(51)21-36(53)35(52)19-18-31(49)20-32(50)22-41(56)62-30(3)29(2)44(28)57/h4-17,28-40,42-45,48-55,57-58,61H,18-27H2,1-3H3,(H,59,60)/b5-4+,8-6+,9-7+,12-10+,13-11+,16-14+,17-15+/t28-,29-,30-,31?,32?,33?,34?,35?,36?,37?,38-,39-,40?,42?,43+,44+,45?,47?/m0/s1. The van der Waals surface area contributed by atoms with Crippen molar-refractivity contribution >= 4 is 11.9 Å². The van der Waals surface area contributed by atoms with Gasteiger partial charge in [-0.05, 0) is 26.2 Å². The van der Waals surface area contributed by atoms with E-state index in [1.807, 2.05) is 13.0 Å². The molecule has 18 atom stereocenters. The van der Waals surface area contributed by atoms with Gasteiger partial charge in [-0.15, -0.1) is 0 Å². The SMILES string of the molecule is C[C@@H]1[C@H](O)[C@@H](C)/C=C/C=C/C=C/C=C/C=C/C=C/C=C/C(OC2CC(O)C(O)C(CO)O2)C[C@@H]2OC(O)(CC(O)CC(O)C(O)CCC(O)CC(O)CC(=O)O[C@H]1C)C[C@H](O)[C@H]2C(=O)O. The van der Waals surface area contributed by atoms with E-state index in [-0.39, 0.29) is 38.0 Å². The maximum absolute atomic E-state index is 12.6. The van der Waals surface area contributed by atoms with E-state index in [0.29, 0.717) is 0 Å². The number of aliphatic carboxylic acids is 1. The van der Waals surface area contributed by atoms with Crippen LogP contribution in [0.15, 0.2) is 85.1 Å². The van der Waals surface area contributed by atoms with E-state index in [0.717, 1.165) is 0 Å². The average Bonchev–Trinajstić information content (AvgIpc) is 3.22. The predicted octanol–water partition coefficient (Wildman–Crippen LogP) is 0.747. The molecule has 0 spiro atoms. The van der Waals surface area contributed by atoms with E-state index < -0.39 is 147 Å². The number of aliphatic hydroxyl groups is 11. The van der Waals surface area contributed by atoms with Gasteiger partial charge in [-0.3, -0.25) is 9.59 Å². The Hall–Kier alpha value is -3.44. The number of carbonyl (C=O) groups excluding carboxylic acids is 1. The molecular weight excluding hydrogens is 852 g/mol. The molecule has 11 unspecified atom stereocenters. The van der Waals surface area contributed by atoms with Crippen LogP contribution in [0.3, 0.4) is 0 Å². The number of carboxylic acid groups (broad SMARTS) is 1. The molecule has 2 fully saturated rings. The minimum Gasteiger partial charge on any atom is -0.481 e. The minimum absolute atomic E-state index is 0.109. The molecule has 3 heterocycles. The summed E-state index contributed by atoms with van der Waals surface area (Å²) in [5, 5.41) is 127. The first-order valence-corrected chi connectivity index (χ1v) is 22.3. The molecule has 3 rings (SSSR count). The highest BCUT2D eigenvalue weighted by Crippen LogP contribution is 2.38. The second-order valence-electron chi connectivity index (χ2n) is 17.4. The molecule has 0 amide bonds. The molecule has 2 bridgehead atoms. The van der Waals surface area contributed by atoms with Gasteiger partial charge in [0.2, 0.25) is 0 Å². The van der Waals surface area contributed by atoms with Gasteiger partial charge >= 0.3 is 11.9 Å². The Morgan fingerprint density at radius 3 is 1.85 bits per heavy atom. The molecule has 65 heavy (non-hydrogen) atoms. The minimum atomic E-state index is -2.32. The Balaban J connectivity index is 1.85. The van der Waals surface area contributed by atoms with Gasteiger partial charge in [0, 0.05) is 43.9 Å². The van der Waals surface area contributed by atoms with Crippen molar-refractivity contribution in [3.05, 3.63) is 85.1 Å². The van der Waals surface area contributed by atoms with Crippen molar-refractivity contribution in [1.82, 2.24) is 0 Å². The number of ether oxygens (including phenoxy) is 4. The molecule has 0 saturated carbocycles. The van der Waals surface area contributed by atoms with Gasteiger partial charge in [0.05, 0.1) is 74.1 Å². The first-order valence-electron chi connectivity index (χ1n) is 22.3. The lowest BCUT2D eigenvalue weighted by molar-refractivity contribution is -0.306. The monoisotopic (exact) mass is 924 g/mol. The van der Waals surface area contributed by atoms with Gasteiger partial charge < -0.3 is 80.2 Å². The van der Waals surface area contributed by atoms with E-state index in [1.165, 1.54) is 6.08 Å². The number of cyclic esters (lactones) is 1. The molecule has 3 aliphatic rings. The molecule has 0 aromatic carbocycles. The predicted molar refractivity (Wildman–Crippen MR) is 235 cm³/mol. The Bertz CT molecular complexity index is 1640. The molecule has 18 heteroatoms. The zero-order valence-electron chi connectivity index (χ0n) is 37.3. The summed E-state index contributed by atoms with van der Waals surface area (Å²) in [5.41, 5.74) is 0. The van der Waals surface area contributed by atoms with Crippen LogP contribution in [0.25, 0.3) is 0 Å². The average molecular weight is 925 g/mol. The van der Waals surface area contributed by atoms with Crippen LogP contribution in [0.1, 0.15) is 78.6 Å². The number of hydrogen-bond acceptors (Lipinski definition) is 17. The number of carbonyl (C=O) groups is 2. The summed E-state index contributed by atoms with van der Waals surface area (Å²) in [6, 6.07) is 0. The highest BCUT2D eigenvalue weighted by Gasteiger charge is 2.50. The van der Waals surface area contributed by atoms with Crippen molar-refractivity contribution in [1.29, 1.82) is 0 Å². The van der Waals surface area contributed by atoms with Crippen LogP contribution in [-0.2, 0) is 28.5 Å². The van der Waals surface area contributed by atoms with E-state index >= 15 is 0 Å². The van der Waals surface area contributed by atoms with Gasteiger partial charge in [-0.1, -0.05) is 98.9 Å². The summed E-state index contributed by atoms with van der Waals surface area (Å²) in [5.74, 6) is -6.83. The lowest BCUT2D eigenvalue weighted by atomic mass is 9.82. The van der Waals surface area contributed by atoms with Gasteiger partial charge in [0.1, 0.15) is 24.2 Å². The third kappa shape index (κ3) is 19.4. The molecule has 0 aromatic heterocycles. The van der Waals surface area contributed by atoms with Crippen molar-refractivity contribution in [2.24, 2.45) is 17.8 Å². The Morgan fingerprint density at radius 2 is 1.26 bits per heavy atom.